The molecule has 0 spiro atoms. The number of benzene rings is 1. The number of oxime groups is 1. The first-order valence-electron chi connectivity index (χ1n) is 4.58. The molecule has 0 heterocycles. The first-order valence-corrected chi connectivity index (χ1v) is 4.58. The third-order valence-electron chi connectivity index (χ3n) is 2.23. The Balaban J connectivity index is 3.26. The average molecular weight is 211 g/mol. The molecule has 1 aromatic rings. The monoisotopic (exact) mass is 211 g/mol. The molecule has 1 aromatic carbocycles. The number of rotatable bonds is 3. The van der Waals surface area contributed by atoms with Crippen molar-refractivity contribution in [3.8, 4) is 0 Å². The predicted octanol–water partition coefficient (Wildman–Crippen LogP) is 1.38. The van der Waals surface area contributed by atoms with Gasteiger partial charge in [0.05, 0.1) is 0 Å². The van der Waals surface area contributed by atoms with Gasteiger partial charge in [-0.05, 0) is 25.1 Å². The minimum atomic E-state index is -0.412. The van der Waals surface area contributed by atoms with Crippen LogP contribution >= 0.6 is 0 Å². The zero-order valence-corrected chi connectivity index (χ0v) is 8.74. The third kappa shape index (κ3) is 2.37. The molecule has 0 atom stereocenters. The minimum Gasteiger partial charge on any atom is -0.409 e. The maximum absolute atomic E-state index is 13.0. The Kier molecular flexibility index (Phi) is 3.49. The van der Waals surface area contributed by atoms with Gasteiger partial charge >= 0.3 is 0 Å². The Bertz CT molecular complexity index is 379. The van der Waals surface area contributed by atoms with E-state index in [-0.39, 0.29) is 5.84 Å². The zero-order chi connectivity index (χ0) is 11.4. The lowest BCUT2D eigenvalue weighted by Crippen LogP contribution is -2.22. The summed E-state index contributed by atoms with van der Waals surface area (Å²) in [6, 6.07) is 4.19. The highest BCUT2D eigenvalue weighted by Crippen LogP contribution is 2.20. The topological polar surface area (TPSA) is 61.8 Å². The van der Waals surface area contributed by atoms with E-state index in [0.717, 1.165) is 12.2 Å². The highest BCUT2D eigenvalue weighted by Gasteiger charge is 2.11. The lowest BCUT2D eigenvalue weighted by atomic mass is 10.1. The van der Waals surface area contributed by atoms with E-state index in [4.69, 9.17) is 10.9 Å². The van der Waals surface area contributed by atoms with E-state index in [9.17, 15) is 4.39 Å². The fraction of sp³-hybridized carbons (Fsp3) is 0.300. The molecule has 15 heavy (non-hydrogen) atoms. The van der Waals surface area contributed by atoms with Crippen molar-refractivity contribution in [1.82, 2.24) is 0 Å². The van der Waals surface area contributed by atoms with Gasteiger partial charge in [0.15, 0.2) is 5.84 Å². The third-order valence-corrected chi connectivity index (χ3v) is 2.23. The van der Waals surface area contributed by atoms with Crippen molar-refractivity contribution < 1.29 is 9.60 Å². The number of nitrogens with zero attached hydrogens (tertiary/aromatic N) is 2. The van der Waals surface area contributed by atoms with Crippen LogP contribution in [0.2, 0.25) is 0 Å². The van der Waals surface area contributed by atoms with E-state index in [1.807, 2.05) is 18.9 Å². The lowest BCUT2D eigenvalue weighted by Gasteiger charge is -2.20. The van der Waals surface area contributed by atoms with Crippen LogP contribution in [0.5, 0.6) is 0 Å². The second-order valence-corrected chi connectivity index (χ2v) is 3.16. The van der Waals surface area contributed by atoms with Crippen LogP contribution in [0.3, 0.4) is 0 Å². The van der Waals surface area contributed by atoms with Gasteiger partial charge in [-0.2, -0.15) is 0 Å². The largest absolute Gasteiger partial charge is 0.409 e. The molecule has 5 heteroatoms. The summed E-state index contributed by atoms with van der Waals surface area (Å²) in [5.41, 5.74) is 6.58. The maximum Gasteiger partial charge on any atom is 0.172 e. The van der Waals surface area contributed by atoms with Crippen LogP contribution in [0, 0.1) is 5.82 Å². The quantitative estimate of drug-likeness (QED) is 0.343. The fourth-order valence-corrected chi connectivity index (χ4v) is 1.27. The van der Waals surface area contributed by atoms with Gasteiger partial charge < -0.3 is 15.8 Å². The van der Waals surface area contributed by atoms with Crippen molar-refractivity contribution in [1.29, 1.82) is 0 Å². The standard InChI is InChI=1S/C10H14FN3O/c1-3-14(2)9-5-4-7(11)6-8(9)10(12)13-15/h4-6,15H,3H2,1-2H3,(H2,12,13). The minimum absolute atomic E-state index is 0.0928. The Morgan fingerprint density at radius 1 is 1.60 bits per heavy atom. The second kappa shape index (κ2) is 4.63. The molecule has 3 N–H and O–H groups in total. The van der Waals surface area contributed by atoms with E-state index in [0.29, 0.717) is 5.56 Å². The summed E-state index contributed by atoms with van der Waals surface area (Å²) in [6.45, 7) is 2.71. The smallest absolute Gasteiger partial charge is 0.172 e. The number of anilines is 1. The molecule has 0 fully saturated rings. The molecule has 0 aliphatic rings. The van der Waals surface area contributed by atoms with E-state index in [2.05, 4.69) is 5.16 Å². The van der Waals surface area contributed by atoms with Crippen LogP contribution in [0.25, 0.3) is 0 Å². The first-order chi connectivity index (χ1) is 7.10. The van der Waals surface area contributed by atoms with E-state index < -0.39 is 5.82 Å². The second-order valence-electron chi connectivity index (χ2n) is 3.16. The Labute approximate surface area is 87.8 Å². The van der Waals surface area contributed by atoms with Crippen LogP contribution < -0.4 is 10.6 Å². The van der Waals surface area contributed by atoms with Gasteiger partial charge in [-0.25, -0.2) is 4.39 Å². The van der Waals surface area contributed by atoms with Crippen molar-refractivity contribution in [2.24, 2.45) is 10.9 Å². The molecule has 0 saturated carbocycles. The summed E-state index contributed by atoms with van der Waals surface area (Å²) >= 11 is 0. The highest BCUT2D eigenvalue weighted by molar-refractivity contribution is 6.02. The van der Waals surface area contributed by atoms with Crippen molar-refractivity contribution >= 4 is 11.5 Å². The molecule has 0 aliphatic carbocycles. The van der Waals surface area contributed by atoms with Crippen LogP contribution in [0.1, 0.15) is 12.5 Å². The predicted molar refractivity (Wildman–Crippen MR) is 57.9 cm³/mol. The van der Waals surface area contributed by atoms with Gasteiger partial charge in [0.2, 0.25) is 0 Å². The van der Waals surface area contributed by atoms with Crippen molar-refractivity contribution in [3.63, 3.8) is 0 Å². The summed E-state index contributed by atoms with van der Waals surface area (Å²) in [7, 11) is 1.85. The van der Waals surface area contributed by atoms with Crippen LogP contribution in [-0.2, 0) is 0 Å². The number of nitrogens with two attached hydrogens (primary N) is 1. The number of hydrogen-bond donors (Lipinski definition) is 2. The molecule has 4 nitrogen and oxygen atoms in total. The molecule has 0 saturated heterocycles. The molecule has 82 valence electrons. The van der Waals surface area contributed by atoms with Gasteiger partial charge in [0, 0.05) is 24.8 Å². The van der Waals surface area contributed by atoms with Gasteiger partial charge in [-0.3, -0.25) is 0 Å². The van der Waals surface area contributed by atoms with Crippen LogP contribution in [-0.4, -0.2) is 24.6 Å². The number of hydrogen-bond acceptors (Lipinski definition) is 3. The maximum atomic E-state index is 13.0. The van der Waals surface area contributed by atoms with Crippen LogP contribution in [0.15, 0.2) is 23.4 Å². The highest BCUT2D eigenvalue weighted by atomic mass is 19.1. The van der Waals surface area contributed by atoms with Crippen molar-refractivity contribution in [2.45, 2.75) is 6.92 Å². The van der Waals surface area contributed by atoms with E-state index >= 15 is 0 Å². The summed E-state index contributed by atoms with van der Waals surface area (Å²) in [4.78, 5) is 1.88. The summed E-state index contributed by atoms with van der Waals surface area (Å²) < 4.78 is 13.0. The molecule has 0 aliphatic heterocycles. The fourth-order valence-electron chi connectivity index (χ4n) is 1.27. The molecule has 0 amide bonds. The molecule has 0 bridgehead atoms. The Morgan fingerprint density at radius 3 is 2.80 bits per heavy atom. The van der Waals surface area contributed by atoms with Gasteiger partial charge in [0.1, 0.15) is 5.82 Å². The average Bonchev–Trinajstić information content (AvgIpc) is 2.26. The molecular weight excluding hydrogens is 197 g/mol. The van der Waals surface area contributed by atoms with E-state index in [1.54, 1.807) is 6.07 Å². The van der Waals surface area contributed by atoms with E-state index in [1.165, 1.54) is 12.1 Å². The van der Waals surface area contributed by atoms with Gasteiger partial charge in [0.25, 0.3) is 0 Å². The number of amidine groups is 1. The molecule has 0 radical (unpaired) electrons. The first kappa shape index (κ1) is 11.3. The Morgan fingerprint density at radius 2 is 2.27 bits per heavy atom. The SMILES string of the molecule is CCN(C)c1ccc(F)cc1C(N)=NO. The number of halogens is 1. The molecule has 1 rings (SSSR count). The zero-order valence-electron chi connectivity index (χ0n) is 8.74. The molecular formula is C10H14FN3O. The van der Waals surface area contributed by atoms with Gasteiger partial charge in [-0.15, -0.1) is 0 Å². The summed E-state index contributed by atoms with van der Waals surface area (Å²) in [5, 5.41) is 11.5. The van der Waals surface area contributed by atoms with Gasteiger partial charge in [-0.1, -0.05) is 5.16 Å². The molecule has 0 aromatic heterocycles. The van der Waals surface area contributed by atoms with Crippen molar-refractivity contribution in [2.75, 3.05) is 18.5 Å². The van der Waals surface area contributed by atoms with Crippen molar-refractivity contribution in [3.05, 3.63) is 29.6 Å². The Hall–Kier alpha value is -1.78. The summed E-state index contributed by atoms with van der Waals surface area (Å²) in [6.07, 6.45) is 0. The summed E-state index contributed by atoms with van der Waals surface area (Å²) in [5.74, 6) is -0.505. The lowest BCUT2D eigenvalue weighted by molar-refractivity contribution is 0.318. The van der Waals surface area contributed by atoms with Crippen LogP contribution in [0.4, 0.5) is 10.1 Å². The normalized spacial score (nSPS) is 11.5. The molecule has 0 unspecified atom stereocenters.